The molecule has 1 amide bonds. The number of ketones is 1. The van der Waals surface area contributed by atoms with Crippen molar-refractivity contribution in [2.75, 3.05) is 19.7 Å². The van der Waals surface area contributed by atoms with Gasteiger partial charge in [-0.1, -0.05) is 41.9 Å². The van der Waals surface area contributed by atoms with Crippen molar-refractivity contribution in [2.45, 2.75) is 32.5 Å². The molecule has 2 aromatic carbocycles. The minimum absolute atomic E-state index is 0.00835. The van der Waals surface area contributed by atoms with Crippen LogP contribution in [-0.4, -0.2) is 58.4 Å². The lowest BCUT2D eigenvalue weighted by molar-refractivity contribution is 0.0268. The third-order valence-electron chi connectivity index (χ3n) is 5.13. The van der Waals surface area contributed by atoms with E-state index in [1.165, 1.54) is 0 Å². The fourth-order valence-corrected chi connectivity index (χ4v) is 4.07. The zero-order valence-electron chi connectivity index (χ0n) is 16.1. The largest absolute Gasteiger partial charge is 0.388 e. The van der Waals surface area contributed by atoms with Gasteiger partial charge in [0.15, 0.2) is 5.78 Å². The lowest BCUT2D eigenvalue weighted by atomic mass is 10.0. The van der Waals surface area contributed by atoms with Crippen LogP contribution < -0.4 is 0 Å². The lowest BCUT2D eigenvalue weighted by Gasteiger charge is -2.44. The van der Waals surface area contributed by atoms with Crippen LogP contribution >= 0.6 is 11.6 Å². The molecule has 0 radical (unpaired) electrons. The molecule has 0 saturated carbocycles. The van der Waals surface area contributed by atoms with Gasteiger partial charge in [-0.05, 0) is 37.6 Å². The van der Waals surface area contributed by atoms with Gasteiger partial charge < -0.3 is 10.0 Å². The first-order valence-corrected chi connectivity index (χ1v) is 9.80. The maximum atomic E-state index is 13.0. The van der Waals surface area contributed by atoms with Crippen LogP contribution in [0.5, 0.6) is 0 Å². The Balaban J connectivity index is 1.66. The second-order valence-electron chi connectivity index (χ2n) is 7.39. The number of aliphatic hydroxyl groups excluding tert-OH is 1. The topological polar surface area (TPSA) is 60.9 Å². The standard InChI is InChI=1S/C22H25ClN2O3/c1-15-11-24(13-17-6-8-18(9-7-17)21(27)14-26)12-16(2)25(15)22(28)19-4-3-5-20(23)10-19/h3-10,15-16,26H,11-14H2,1-2H3/t15-,16+. The average molecular weight is 401 g/mol. The Morgan fingerprint density at radius 1 is 1.04 bits per heavy atom. The minimum Gasteiger partial charge on any atom is -0.388 e. The van der Waals surface area contributed by atoms with E-state index in [4.69, 9.17) is 16.7 Å². The van der Waals surface area contributed by atoms with Crippen LogP contribution in [0, 0.1) is 0 Å². The highest BCUT2D eigenvalue weighted by Crippen LogP contribution is 2.22. The third kappa shape index (κ3) is 4.61. The zero-order chi connectivity index (χ0) is 20.3. The molecule has 2 aromatic rings. The van der Waals surface area contributed by atoms with Crippen LogP contribution in [0.4, 0.5) is 0 Å². The first-order valence-electron chi connectivity index (χ1n) is 9.42. The van der Waals surface area contributed by atoms with E-state index in [9.17, 15) is 9.59 Å². The monoisotopic (exact) mass is 400 g/mol. The summed E-state index contributed by atoms with van der Waals surface area (Å²) in [6.45, 7) is 5.95. The molecule has 1 heterocycles. The van der Waals surface area contributed by atoms with Crippen LogP contribution in [0.1, 0.15) is 40.1 Å². The molecular formula is C22H25ClN2O3. The summed E-state index contributed by atoms with van der Waals surface area (Å²) in [6.07, 6.45) is 0. The predicted octanol–water partition coefficient (Wildman–Crippen LogP) is 3.25. The molecule has 1 N–H and O–H groups in total. The summed E-state index contributed by atoms with van der Waals surface area (Å²) in [5, 5.41) is 9.51. The summed E-state index contributed by atoms with van der Waals surface area (Å²) in [5.41, 5.74) is 2.23. The van der Waals surface area contributed by atoms with Gasteiger partial charge in [-0.2, -0.15) is 0 Å². The second kappa shape index (κ2) is 8.86. The van der Waals surface area contributed by atoms with Gasteiger partial charge in [-0.15, -0.1) is 0 Å². The summed E-state index contributed by atoms with van der Waals surface area (Å²) < 4.78 is 0. The fourth-order valence-electron chi connectivity index (χ4n) is 3.88. The highest BCUT2D eigenvalue weighted by Gasteiger charge is 2.33. The van der Waals surface area contributed by atoms with Crippen LogP contribution in [0.3, 0.4) is 0 Å². The first kappa shape index (κ1) is 20.5. The molecule has 3 rings (SSSR count). The maximum absolute atomic E-state index is 13.0. The van der Waals surface area contributed by atoms with E-state index in [1.807, 2.05) is 17.0 Å². The number of Topliss-reactive ketones (excluding diaryl/α,β-unsaturated/α-hetero) is 1. The van der Waals surface area contributed by atoms with Gasteiger partial charge in [0.25, 0.3) is 5.91 Å². The number of piperazine rings is 1. The number of nitrogens with zero attached hydrogens (tertiary/aromatic N) is 2. The molecule has 0 bridgehead atoms. The van der Waals surface area contributed by atoms with Crippen LogP contribution in [-0.2, 0) is 6.54 Å². The number of hydrogen-bond donors (Lipinski definition) is 1. The van der Waals surface area contributed by atoms with E-state index in [-0.39, 0.29) is 23.8 Å². The van der Waals surface area contributed by atoms with Gasteiger partial charge in [0.1, 0.15) is 6.61 Å². The summed E-state index contributed by atoms with van der Waals surface area (Å²) in [7, 11) is 0. The van der Waals surface area contributed by atoms with E-state index >= 15 is 0 Å². The van der Waals surface area contributed by atoms with Crippen molar-refractivity contribution in [2.24, 2.45) is 0 Å². The number of aliphatic hydroxyl groups is 1. The SMILES string of the molecule is C[C@@H]1CN(Cc2ccc(C(=O)CO)cc2)C[C@H](C)N1C(=O)c1cccc(Cl)c1. The Labute approximate surface area is 170 Å². The molecule has 148 valence electrons. The zero-order valence-corrected chi connectivity index (χ0v) is 16.9. The molecule has 6 heteroatoms. The predicted molar refractivity (Wildman–Crippen MR) is 110 cm³/mol. The number of hydrogen-bond acceptors (Lipinski definition) is 4. The molecule has 5 nitrogen and oxygen atoms in total. The second-order valence-corrected chi connectivity index (χ2v) is 7.83. The van der Waals surface area contributed by atoms with Crippen molar-refractivity contribution in [3.8, 4) is 0 Å². The minimum atomic E-state index is -0.475. The van der Waals surface area contributed by atoms with Gasteiger partial charge in [-0.3, -0.25) is 14.5 Å². The molecule has 1 aliphatic heterocycles. The summed E-state index contributed by atoms with van der Waals surface area (Å²) in [6, 6.07) is 14.6. The van der Waals surface area contributed by atoms with Gasteiger partial charge in [0.2, 0.25) is 0 Å². The van der Waals surface area contributed by atoms with E-state index in [0.717, 1.165) is 25.2 Å². The molecule has 0 aromatic heterocycles. The molecule has 0 spiro atoms. The normalized spacial score (nSPS) is 20.2. The molecule has 1 aliphatic rings. The Kier molecular flexibility index (Phi) is 6.50. The Morgan fingerprint density at radius 2 is 1.68 bits per heavy atom. The lowest BCUT2D eigenvalue weighted by Crippen LogP contribution is -2.58. The maximum Gasteiger partial charge on any atom is 0.254 e. The smallest absolute Gasteiger partial charge is 0.254 e. The van der Waals surface area contributed by atoms with Crippen LogP contribution in [0.15, 0.2) is 48.5 Å². The van der Waals surface area contributed by atoms with E-state index < -0.39 is 6.61 Å². The number of carbonyl (C=O) groups excluding carboxylic acids is 2. The molecule has 0 aliphatic carbocycles. The van der Waals surface area contributed by atoms with Crippen molar-refractivity contribution in [3.63, 3.8) is 0 Å². The van der Waals surface area contributed by atoms with Crippen molar-refractivity contribution >= 4 is 23.3 Å². The number of carbonyl (C=O) groups is 2. The molecule has 1 fully saturated rings. The van der Waals surface area contributed by atoms with Crippen molar-refractivity contribution in [1.29, 1.82) is 0 Å². The van der Waals surface area contributed by atoms with E-state index in [0.29, 0.717) is 16.1 Å². The first-order chi connectivity index (χ1) is 13.4. The van der Waals surface area contributed by atoms with Gasteiger partial charge in [0.05, 0.1) is 0 Å². The van der Waals surface area contributed by atoms with Gasteiger partial charge in [-0.25, -0.2) is 0 Å². The molecule has 0 unspecified atom stereocenters. The van der Waals surface area contributed by atoms with Crippen LogP contribution in [0.2, 0.25) is 5.02 Å². The highest BCUT2D eigenvalue weighted by atomic mass is 35.5. The molecule has 28 heavy (non-hydrogen) atoms. The third-order valence-corrected chi connectivity index (χ3v) is 5.36. The Bertz CT molecular complexity index is 841. The Morgan fingerprint density at radius 3 is 2.25 bits per heavy atom. The molecule has 1 saturated heterocycles. The van der Waals surface area contributed by atoms with Crippen LogP contribution in [0.25, 0.3) is 0 Å². The van der Waals surface area contributed by atoms with Gasteiger partial charge >= 0.3 is 0 Å². The number of rotatable bonds is 5. The number of halogens is 1. The van der Waals surface area contributed by atoms with Crippen molar-refractivity contribution < 1.29 is 14.7 Å². The molecule has 2 atom stereocenters. The van der Waals surface area contributed by atoms with Crippen molar-refractivity contribution in [1.82, 2.24) is 9.80 Å². The van der Waals surface area contributed by atoms with Gasteiger partial charge in [0, 0.05) is 47.9 Å². The Hall–Kier alpha value is -2.21. The highest BCUT2D eigenvalue weighted by molar-refractivity contribution is 6.30. The quantitative estimate of drug-likeness (QED) is 0.782. The average Bonchev–Trinajstić information content (AvgIpc) is 2.67. The number of amides is 1. The number of benzene rings is 2. The summed E-state index contributed by atoms with van der Waals surface area (Å²) in [4.78, 5) is 28.8. The van der Waals surface area contributed by atoms with Crippen molar-refractivity contribution in [3.05, 3.63) is 70.2 Å². The molecular weight excluding hydrogens is 376 g/mol. The summed E-state index contributed by atoms with van der Waals surface area (Å²) >= 11 is 6.04. The van der Waals surface area contributed by atoms with E-state index in [2.05, 4.69) is 18.7 Å². The summed E-state index contributed by atoms with van der Waals surface area (Å²) in [5.74, 6) is -0.268. The fraction of sp³-hybridized carbons (Fsp3) is 0.364. The van der Waals surface area contributed by atoms with E-state index in [1.54, 1.807) is 36.4 Å².